The van der Waals surface area contributed by atoms with Gasteiger partial charge in [-0.25, -0.2) is 0 Å². The molecule has 4 nitrogen and oxygen atoms in total. The van der Waals surface area contributed by atoms with E-state index in [-0.39, 0.29) is 11.7 Å². The molecule has 0 N–H and O–H groups in total. The molecule has 1 aliphatic heterocycles. The van der Waals surface area contributed by atoms with E-state index in [1.54, 1.807) is 13.0 Å². The highest BCUT2D eigenvalue weighted by Crippen LogP contribution is 2.27. The van der Waals surface area contributed by atoms with Crippen molar-refractivity contribution in [3.63, 3.8) is 0 Å². The number of unbranched alkanes of at least 4 members (excludes halogenated alkanes) is 2. The summed E-state index contributed by atoms with van der Waals surface area (Å²) in [5.41, 5.74) is 6.09. The Kier molecular flexibility index (Phi) is 16.9. The van der Waals surface area contributed by atoms with Gasteiger partial charge in [-0.3, -0.25) is 9.79 Å². The molecule has 2 atom stereocenters. The van der Waals surface area contributed by atoms with Crippen LogP contribution in [0.2, 0.25) is 0 Å². The highest BCUT2D eigenvalue weighted by atomic mass is 16.1. The molecule has 222 valence electrons. The van der Waals surface area contributed by atoms with Gasteiger partial charge in [0, 0.05) is 54.2 Å². The number of allylic oxidation sites excluding steroid dienone is 7. The highest BCUT2D eigenvalue weighted by molar-refractivity contribution is 5.99. The molecule has 0 amide bonds. The van der Waals surface area contributed by atoms with Crippen LogP contribution in [0.25, 0.3) is 0 Å². The molecule has 0 saturated heterocycles. The molecule has 0 aromatic rings. The largest absolute Gasteiger partial charge is 0.372 e. The lowest BCUT2D eigenvalue weighted by atomic mass is 9.97. The van der Waals surface area contributed by atoms with Crippen molar-refractivity contribution < 1.29 is 4.79 Å². The van der Waals surface area contributed by atoms with Gasteiger partial charge in [0.25, 0.3) is 0 Å². The van der Waals surface area contributed by atoms with Crippen molar-refractivity contribution in [3.05, 3.63) is 83.7 Å². The van der Waals surface area contributed by atoms with Crippen LogP contribution in [0.3, 0.4) is 0 Å². The fourth-order valence-corrected chi connectivity index (χ4v) is 4.61. The van der Waals surface area contributed by atoms with E-state index in [1.165, 1.54) is 30.5 Å². The maximum atomic E-state index is 12.3. The molecule has 1 heterocycles. The Labute approximate surface area is 246 Å². The Morgan fingerprint density at radius 1 is 1.00 bits per heavy atom. The molecular formula is C36H57N3O. The van der Waals surface area contributed by atoms with Crippen molar-refractivity contribution in [3.8, 4) is 0 Å². The average Bonchev–Trinajstić information content (AvgIpc) is 2.94. The van der Waals surface area contributed by atoms with Gasteiger partial charge in [0.05, 0.1) is 5.70 Å². The molecule has 0 radical (unpaired) electrons. The minimum absolute atomic E-state index is 0.0138. The number of aliphatic imine (C=N–C) groups is 1. The number of nitrogens with zero attached hydrogens (tertiary/aromatic N) is 3. The smallest absolute Gasteiger partial charge is 0.154 e. The third-order valence-corrected chi connectivity index (χ3v) is 7.64. The molecule has 0 aromatic heterocycles. The lowest BCUT2D eigenvalue weighted by molar-refractivity contribution is -0.112. The van der Waals surface area contributed by atoms with Crippen LogP contribution in [0.5, 0.6) is 0 Å². The monoisotopic (exact) mass is 547 g/mol. The van der Waals surface area contributed by atoms with E-state index < -0.39 is 0 Å². The second-order valence-electron chi connectivity index (χ2n) is 10.9. The van der Waals surface area contributed by atoms with Gasteiger partial charge < -0.3 is 9.80 Å². The maximum absolute atomic E-state index is 12.3. The van der Waals surface area contributed by atoms with Crippen LogP contribution in [-0.2, 0) is 4.79 Å². The summed E-state index contributed by atoms with van der Waals surface area (Å²) in [7, 11) is 0. The van der Waals surface area contributed by atoms with Crippen molar-refractivity contribution in [2.75, 3.05) is 13.1 Å². The van der Waals surface area contributed by atoms with E-state index >= 15 is 0 Å². The molecule has 0 spiro atoms. The summed E-state index contributed by atoms with van der Waals surface area (Å²) >= 11 is 0. The standard InChI is InChI=1S/C36H57N3O/c1-11-17-18-24-38(23-12-2)34(16-6)21-22-35(29(8)14-4)37-36(25-31(10)40)33-20-19-30(9)39(27-33)26-32(15-5)28(7)13-3/h16,19-22,25-29H,9,11-15,17-18,23-24H2,1-8,10H3/b22-21-,32-26-,34-16+,36-25-,37-35-. The van der Waals surface area contributed by atoms with Crippen LogP contribution in [0.15, 0.2) is 88.7 Å². The number of hydrogen-bond donors (Lipinski definition) is 0. The SMILES string of the molecule is C=C1C=CC(C(=C/C(C)=O)/N=C(/C=C\C(=C/C)N(CCC)CCCCC)C(C)CC)=CN1/C=C(/CC)C(C)CC. The summed E-state index contributed by atoms with van der Waals surface area (Å²) in [4.78, 5) is 22.0. The van der Waals surface area contributed by atoms with Gasteiger partial charge in [-0.05, 0) is 82.1 Å². The molecular weight excluding hydrogens is 490 g/mol. The Balaban J connectivity index is 3.53. The van der Waals surface area contributed by atoms with Crippen LogP contribution >= 0.6 is 0 Å². The van der Waals surface area contributed by atoms with E-state index in [2.05, 4.69) is 102 Å². The van der Waals surface area contributed by atoms with Crippen LogP contribution < -0.4 is 0 Å². The van der Waals surface area contributed by atoms with Crippen molar-refractivity contribution in [2.45, 2.75) is 107 Å². The van der Waals surface area contributed by atoms with Crippen molar-refractivity contribution in [2.24, 2.45) is 16.8 Å². The Morgan fingerprint density at radius 3 is 2.25 bits per heavy atom. The van der Waals surface area contributed by atoms with Crippen LogP contribution in [0.1, 0.15) is 107 Å². The summed E-state index contributed by atoms with van der Waals surface area (Å²) in [5, 5.41) is 0. The van der Waals surface area contributed by atoms with Crippen molar-refractivity contribution in [1.82, 2.24) is 9.80 Å². The summed E-state index contributed by atoms with van der Waals surface area (Å²) < 4.78 is 0. The fraction of sp³-hybridized carbons (Fsp3) is 0.556. The zero-order valence-electron chi connectivity index (χ0n) is 27.1. The normalized spacial score (nSPS) is 17.0. The summed E-state index contributed by atoms with van der Waals surface area (Å²) in [6.45, 7) is 25.6. The first-order valence-electron chi connectivity index (χ1n) is 15.6. The first-order valence-corrected chi connectivity index (χ1v) is 15.6. The molecule has 0 fully saturated rings. The zero-order valence-corrected chi connectivity index (χ0v) is 27.1. The van der Waals surface area contributed by atoms with Gasteiger partial charge >= 0.3 is 0 Å². The first-order chi connectivity index (χ1) is 19.1. The van der Waals surface area contributed by atoms with Gasteiger partial charge in [0.1, 0.15) is 0 Å². The van der Waals surface area contributed by atoms with E-state index in [9.17, 15) is 4.79 Å². The number of hydrogen-bond acceptors (Lipinski definition) is 4. The molecule has 1 aliphatic rings. The minimum atomic E-state index is -0.0138. The first kappa shape index (κ1) is 35.1. The van der Waals surface area contributed by atoms with Crippen LogP contribution in [0, 0.1) is 11.8 Å². The number of ketones is 1. The number of carbonyl (C=O) groups excluding carboxylic acids is 1. The fourth-order valence-electron chi connectivity index (χ4n) is 4.61. The van der Waals surface area contributed by atoms with Gasteiger partial charge in [-0.2, -0.15) is 0 Å². The summed E-state index contributed by atoms with van der Waals surface area (Å²) in [6, 6.07) is 0. The molecule has 0 aromatic carbocycles. The highest BCUT2D eigenvalue weighted by Gasteiger charge is 2.16. The van der Waals surface area contributed by atoms with Gasteiger partial charge in [0.15, 0.2) is 5.78 Å². The predicted octanol–water partition coefficient (Wildman–Crippen LogP) is 9.92. The molecule has 0 saturated carbocycles. The quantitative estimate of drug-likeness (QED) is 0.0741. The Bertz CT molecular complexity index is 1030. The summed E-state index contributed by atoms with van der Waals surface area (Å²) in [6.07, 6.45) is 24.3. The molecule has 0 bridgehead atoms. The average molecular weight is 548 g/mol. The second kappa shape index (κ2) is 19.2. The molecule has 1 rings (SSSR count). The molecule has 0 aliphatic carbocycles. The lowest BCUT2D eigenvalue weighted by Gasteiger charge is -2.26. The third kappa shape index (κ3) is 11.7. The zero-order chi connectivity index (χ0) is 30.1. The van der Waals surface area contributed by atoms with Gasteiger partial charge in [0.2, 0.25) is 0 Å². The van der Waals surface area contributed by atoms with E-state index in [0.29, 0.717) is 11.6 Å². The van der Waals surface area contributed by atoms with Crippen LogP contribution in [0.4, 0.5) is 0 Å². The van der Waals surface area contributed by atoms with Crippen molar-refractivity contribution >= 4 is 11.5 Å². The van der Waals surface area contributed by atoms with E-state index in [4.69, 9.17) is 4.99 Å². The Morgan fingerprint density at radius 2 is 1.70 bits per heavy atom. The van der Waals surface area contributed by atoms with Gasteiger partial charge in [-0.15, -0.1) is 0 Å². The topological polar surface area (TPSA) is 35.9 Å². The minimum Gasteiger partial charge on any atom is -0.372 e. The Hall–Kier alpha value is -2.88. The van der Waals surface area contributed by atoms with Crippen molar-refractivity contribution in [1.29, 1.82) is 0 Å². The summed E-state index contributed by atoms with van der Waals surface area (Å²) in [5.74, 6) is 0.740. The third-order valence-electron chi connectivity index (χ3n) is 7.64. The predicted molar refractivity (Wildman–Crippen MR) is 176 cm³/mol. The number of carbonyl (C=O) groups is 1. The molecule has 2 unspecified atom stereocenters. The van der Waals surface area contributed by atoms with Gasteiger partial charge in [-0.1, -0.05) is 79.5 Å². The lowest BCUT2D eigenvalue weighted by Crippen LogP contribution is -2.24. The van der Waals surface area contributed by atoms with E-state index in [1.807, 2.05) is 12.2 Å². The van der Waals surface area contributed by atoms with E-state index in [0.717, 1.165) is 55.8 Å². The molecule has 4 heteroatoms. The maximum Gasteiger partial charge on any atom is 0.154 e. The molecule has 40 heavy (non-hydrogen) atoms. The van der Waals surface area contributed by atoms with Crippen LogP contribution in [-0.4, -0.2) is 34.4 Å². The second-order valence-corrected chi connectivity index (χ2v) is 10.9. The number of rotatable bonds is 18.